The van der Waals surface area contributed by atoms with E-state index in [9.17, 15) is 9.59 Å². The minimum absolute atomic E-state index is 0.170. The summed E-state index contributed by atoms with van der Waals surface area (Å²) in [4.78, 5) is 22.9. The van der Waals surface area contributed by atoms with Crippen LogP contribution >= 0.6 is 11.8 Å². The highest BCUT2D eigenvalue weighted by atomic mass is 32.2. The van der Waals surface area contributed by atoms with Gasteiger partial charge in [-0.2, -0.15) is 11.8 Å². The lowest BCUT2D eigenvalue weighted by Crippen LogP contribution is -2.51. The van der Waals surface area contributed by atoms with Crippen molar-refractivity contribution in [1.29, 1.82) is 0 Å². The van der Waals surface area contributed by atoms with Gasteiger partial charge in [-0.3, -0.25) is 0 Å². The third-order valence-electron chi connectivity index (χ3n) is 3.64. The number of amides is 2. The summed E-state index contributed by atoms with van der Waals surface area (Å²) in [6, 6.07) is -0.984. The van der Waals surface area contributed by atoms with Gasteiger partial charge in [0, 0.05) is 6.04 Å². The van der Waals surface area contributed by atoms with Crippen molar-refractivity contribution in [3.8, 4) is 0 Å². The molecular formula is C13H24N2O3S. The summed E-state index contributed by atoms with van der Waals surface area (Å²) in [6.45, 7) is 2.13. The van der Waals surface area contributed by atoms with Crippen LogP contribution in [0.4, 0.5) is 4.79 Å². The molecule has 0 bridgehead atoms. The highest BCUT2D eigenvalue weighted by Crippen LogP contribution is 2.23. The Labute approximate surface area is 118 Å². The first kappa shape index (κ1) is 16.1. The van der Waals surface area contributed by atoms with Gasteiger partial charge in [-0.25, -0.2) is 9.59 Å². The zero-order chi connectivity index (χ0) is 14.3. The molecule has 5 nitrogen and oxygen atoms in total. The molecule has 0 radical (unpaired) electrons. The fourth-order valence-electron chi connectivity index (χ4n) is 2.39. The molecule has 1 saturated carbocycles. The quantitative estimate of drug-likeness (QED) is 0.699. The van der Waals surface area contributed by atoms with E-state index in [1.165, 1.54) is 6.42 Å². The van der Waals surface area contributed by atoms with Gasteiger partial charge in [0.2, 0.25) is 0 Å². The van der Waals surface area contributed by atoms with Crippen molar-refractivity contribution in [2.24, 2.45) is 5.92 Å². The fourth-order valence-corrected chi connectivity index (χ4v) is 2.86. The van der Waals surface area contributed by atoms with Gasteiger partial charge in [0.1, 0.15) is 6.04 Å². The number of thioether (sulfide) groups is 1. The largest absolute Gasteiger partial charge is 0.480 e. The van der Waals surface area contributed by atoms with Crippen LogP contribution in [0.15, 0.2) is 0 Å². The standard InChI is InChI=1S/C13H24N2O3S/c1-9-5-3-4-6-10(9)14-13(18)15-11(12(16)17)7-8-19-2/h9-11H,3-8H2,1-2H3,(H,16,17)(H2,14,15,18)/t9-,10+,11-/m0/s1. The van der Waals surface area contributed by atoms with Crippen LogP contribution in [0.3, 0.4) is 0 Å². The van der Waals surface area contributed by atoms with Gasteiger partial charge < -0.3 is 15.7 Å². The summed E-state index contributed by atoms with van der Waals surface area (Å²) in [5.41, 5.74) is 0. The van der Waals surface area contributed by atoms with Crippen molar-refractivity contribution in [2.75, 3.05) is 12.0 Å². The predicted molar refractivity (Wildman–Crippen MR) is 77.5 cm³/mol. The number of hydrogen-bond donors (Lipinski definition) is 3. The maximum absolute atomic E-state index is 11.8. The summed E-state index contributed by atoms with van der Waals surface area (Å²) in [6.07, 6.45) is 6.82. The molecule has 0 unspecified atom stereocenters. The van der Waals surface area contributed by atoms with Crippen molar-refractivity contribution >= 4 is 23.8 Å². The Balaban J connectivity index is 2.40. The number of carboxylic acids is 1. The highest BCUT2D eigenvalue weighted by Gasteiger charge is 2.25. The molecule has 1 rings (SSSR count). The van der Waals surface area contributed by atoms with E-state index in [1.807, 2.05) is 6.26 Å². The molecular weight excluding hydrogens is 264 g/mol. The highest BCUT2D eigenvalue weighted by molar-refractivity contribution is 7.98. The Bertz CT molecular complexity index is 312. The smallest absolute Gasteiger partial charge is 0.326 e. The van der Waals surface area contributed by atoms with Crippen LogP contribution in [0.1, 0.15) is 39.0 Å². The minimum atomic E-state index is -0.971. The van der Waals surface area contributed by atoms with Crippen LogP contribution in [0.25, 0.3) is 0 Å². The Hall–Kier alpha value is -0.910. The van der Waals surface area contributed by atoms with E-state index in [-0.39, 0.29) is 12.1 Å². The van der Waals surface area contributed by atoms with E-state index in [1.54, 1.807) is 11.8 Å². The summed E-state index contributed by atoms with van der Waals surface area (Å²) >= 11 is 1.58. The second-order valence-electron chi connectivity index (χ2n) is 5.16. The van der Waals surface area contributed by atoms with Crippen molar-refractivity contribution in [3.05, 3.63) is 0 Å². The number of carboxylic acid groups (broad SMARTS) is 1. The first-order valence-electron chi connectivity index (χ1n) is 6.83. The van der Waals surface area contributed by atoms with E-state index in [0.717, 1.165) is 25.0 Å². The third-order valence-corrected chi connectivity index (χ3v) is 4.29. The van der Waals surface area contributed by atoms with Gasteiger partial charge >= 0.3 is 12.0 Å². The number of aliphatic carboxylic acids is 1. The average Bonchev–Trinajstić information content (AvgIpc) is 2.37. The molecule has 0 heterocycles. The monoisotopic (exact) mass is 288 g/mol. The molecule has 6 heteroatoms. The number of carbonyl (C=O) groups is 2. The van der Waals surface area contributed by atoms with Gasteiger partial charge in [0.25, 0.3) is 0 Å². The molecule has 110 valence electrons. The fraction of sp³-hybridized carbons (Fsp3) is 0.846. The van der Waals surface area contributed by atoms with E-state index >= 15 is 0 Å². The molecule has 2 amide bonds. The first-order chi connectivity index (χ1) is 9.04. The van der Waals surface area contributed by atoms with Gasteiger partial charge in [-0.1, -0.05) is 19.8 Å². The van der Waals surface area contributed by atoms with Crippen molar-refractivity contribution in [3.63, 3.8) is 0 Å². The van der Waals surface area contributed by atoms with Gasteiger partial charge in [0.15, 0.2) is 0 Å². The zero-order valence-electron chi connectivity index (χ0n) is 11.6. The maximum Gasteiger partial charge on any atom is 0.326 e. The lowest BCUT2D eigenvalue weighted by molar-refractivity contribution is -0.139. The first-order valence-corrected chi connectivity index (χ1v) is 8.22. The summed E-state index contributed by atoms with van der Waals surface area (Å²) in [5, 5.41) is 14.5. The topological polar surface area (TPSA) is 78.4 Å². The van der Waals surface area contributed by atoms with Crippen LogP contribution in [0, 0.1) is 5.92 Å². The van der Waals surface area contributed by atoms with Crippen LogP contribution in [0.5, 0.6) is 0 Å². The SMILES string of the molecule is CSCC[C@H](NC(=O)N[C@@H]1CCCC[C@@H]1C)C(=O)O. The summed E-state index contributed by atoms with van der Waals surface area (Å²) in [7, 11) is 0. The minimum Gasteiger partial charge on any atom is -0.480 e. The Morgan fingerprint density at radius 3 is 2.63 bits per heavy atom. The molecule has 0 aromatic rings. The molecule has 1 fully saturated rings. The molecule has 3 N–H and O–H groups in total. The van der Waals surface area contributed by atoms with Gasteiger partial charge in [-0.05, 0) is 37.2 Å². The Kier molecular flexibility index (Phi) is 7.05. The molecule has 19 heavy (non-hydrogen) atoms. The Morgan fingerprint density at radius 2 is 2.05 bits per heavy atom. The lowest BCUT2D eigenvalue weighted by atomic mass is 9.86. The van der Waals surface area contributed by atoms with E-state index in [2.05, 4.69) is 17.6 Å². The molecule has 3 atom stereocenters. The van der Waals surface area contributed by atoms with Crippen LogP contribution in [0.2, 0.25) is 0 Å². The second-order valence-corrected chi connectivity index (χ2v) is 6.14. The van der Waals surface area contributed by atoms with E-state index in [4.69, 9.17) is 5.11 Å². The van der Waals surface area contributed by atoms with E-state index < -0.39 is 12.0 Å². The van der Waals surface area contributed by atoms with E-state index in [0.29, 0.717) is 12.3 Å². The molecule has 0 aromatic heterocycles. The van der Waals surface area contributed by atoms with Gasteiger partial charge in [-0.15, -0.1) is 0 Å². The molecule has 1 aliphatic carbocycles. The number of hydrogen-bond acceptors (Lipinski definition) is 3. The van der Waals surface area contributed by atoms with Crippen molar-refractivity contribution in [2.45, 2.75) is 51.1 Å². The number of urea groups is 1. The molecule has 1 aliphatic rings. The summed E-state index contributed by atoms with van der Waals surface area (Å²) in [5.74, 6) is 0.215. The Morgan fingerprint density at radius 1 is 1.37 bits per heavy atom. The van der Waals surface area contributed by atoms with Crippen molar-refractivity contribution < 1.29 is 14.7 Å². The molecule has 0 aliphatic heterocycles. The summed E-state index contributed by atoms with van der Waals surface area (Å²) < 4.78 is 0. The maximum atomic E-state index is 11.8. The number of carbonyl (C=O) groups excluding carboxylic acids is 1. The van der Waals surface area contributed by atoms with Crippen LogP contribution in [-0.2, 0) is 4.79 Å². The predicted octanol–water partition coefficient (Wildman–Crippen LogP) is 2.07. The third kappa shape index (κ3) is 5.72. The van der Waals surface area contributed by atoms with Gasteiger partial charge in [0.05, 0.1) is 0 Å². The lowest BCUT2D eigenvalue weighted by Gasteiger charge is -2.30. The molecule has 0 spiro atoms. The van der Waals surface area contributed by atoms with Crippen LogP contribution < -0.4 is 10.6 Å². The zero-order valence-corrected chi connectivity index (χ0v) is 12.5. The van der Waals surface area contributed by atoms with Crippen molar-refractivity contribution in [1.82, 2.24) is 10.6 Å². The molecule has 0 saturated heterocycles. The number of nitrogens with one attached hydrogen (secondary N) is 2. The van der Waals surface area contributed by atoms with Crippen LogP contribution in [-0.4, -0.2) is 41.2 Å². The molecule has 0 aromatic carbocycles. The second kappa shape index (κ2) is 8.30. The normalized spacial score (nSPS) is 24.5. The average molecular weight is 288 g/mol. The number of rotatable bonds is 6.